The lowest BCUT2D eigenvalue weighted by Crippen LogP contribution is -1.94. The summed E-state index contributed by atoms with van der Waals surface area (Å²) < 4.78 is 13.2. The maximum absolute atomic E-state index is 12.7. The van der Waals surface area contributed by atoms with E-state index >= 15 is 0 Å². The average Bonchev–Trinajstić information content (AvgIpc) is 2.35. The van der Waals surface area contributed by atoms with Crippen molar-refractivity contribution >= 4 is 50.9 Å². The highest BCUT2D eigenvalue weighted by molar-refractivity contribution is 9.10. The maximum Gasteiger partial charge on any atom is 0.148 e. The van der Waals surface area contributed by atoms with E-state index in [0.717, 1.165) is 4.90 Å². The van der Waals surface area contributed by atoms with Crippen molar-refractivity contribution in [2.75, 3.05) is 0 Å². The zero-order valence-corrected chi connectivity index (χ0v) is 12.7. The minimum Gasteiger partial charge on any atom is -0.219 e. The Labute approximate surface area is 126 Å². The lowest BCUT2D eigenvalue weighted by atomic mass is 10.4. The Kier molecular flexibility index (Phi) is 4.84. The summed E-state index contributed by atoms with van der Waals surface area (Å²) in [5.74, 6) is 0.783. The molecule has 0 aliphatic heterocycles. The van der Waals surface area contributed by atoms with Gasteiger partial charge in [0, 0.05) is 4.90 Å². The number of nitrogens with zero attached hydrogens (tertiary/aromatic N) is 2. The van der Waals surface area contributed by atoms with E-state index in [2.05, 4.69) is 25.9 Å². The molecule has 1 aromatic carbocycles. The SMILES string of the molecule is Fc1ccc(SCc2nc(Cl)c(Br)c(Cl)n2)cc1. The second-order valence-corrected chi connectivity index (χ2v) is 5.84. The predicted octanol–water partition coefficient (Wildman–Crippen LogP) is 4.98. The van der Waals surface area contributed by atoms with Crippen molar-refractivity contribution in [1.82, 2.24) is 9.97 Å². The van der Waals surface area contributed by atoms with Crippen molar-refractivity contribution in [2.45, 2.75) is 10.6 Å². The monoisotopic (exact) mass is 366 g/mol. The van der Waals surface area contributed by atoms with Gasteiger partial charge in [-0.05, 0) is 40.2 Å². The highest BCUT2D eigenvalue weighted by Gasteiger charge is 2.09. The molecule has 94 valence electrons. The summed E-state index contributed by atoms with van der Waals surface area (Å²) in [5, 5.41) is 0.564. The van der Waals surface area contributed by atoms with Gasteiger partial charge in [-0.1, -0.05) is 23.2 Å². The number of aromatic nitrogens is 2. The Balaban J connectivity index is 2.08. The van der Waals surface area contributed by atoms with Crippen molar-refractivity contribution in [3.05, 3.63) is 50.7 Å². The summed E-state index contributed by atoms with van der Waals surface area (Å²) in [7, 11) is 0. The number of hydrogen-bond acceptors (Lipinski definition) is 3. The van der Waals surface area contributed by atoms with Crippen molar-refractivity contribution in [1.29, 1.82) is 0 Å². The Bertz CT molecular complexity index is 542. The van der Waals surface area contributed by atoms with Gasteiger partial charge >= 0.3 is 0 Å². The fraction of sp³-hybridized carbons (Fsp3) is 0.0909. The molecule has 0 spiro atoms. The molecule has 0 fully saturated rings. The first-order valence-corrected chi connectivity index (χ1v) is 7.35. The van der Waals surface area contributed by atoms with Gasteiger partial charge in [0.2, 0.25) is 0 Å². The van der Waals surface area contributed by atoms with Gasteiger partial charge in [0.25, 0.3) is 0 Å². The van der Waals surface area contributed by atoms with Crippen LogP contribution in [-0.4, -0.2) is 9.97 Å². The van der Waals surface area contributed by atoms with E-state index in [0.29, 0.717) is 16.0 Å². The first-order chi connectivity index (χ1) is 8.56. The minimum atomic E-state index is -0.259. The van der Waals surface area contributed by atoms with Crippen molar-refractivity contribution in [2.24, 2.45) is 0 Å². The second-order valence-electron chi connectivity index (χ2n) is 3.28. The van der Waals surface area contributed by atoms with Crippen LogP contribution >= 0.6 is 50.9 Å². The lowest BCUT2D eigenvalue weighted by Gasteiger charge is -2.04. The van der Waals surface area contributed by atoms with Crippen LogP contribution in [0.25, 0.3) is 0 Å². The third-order valence-electron chi connectivity index (χ3n) is 2.00. The van der Waals surface area contributed by atoms with E-state index in [9.17, 15) is 4.39 Å². The van der Waals surface area contributed by atoms with Crippen LogP contribution in [0.2, 0.25) is 10.3 Å². The number of benzene rings is 1. The summed E-state index contributed by atoms with van der Waals surface area (Å²) >= 11 is 16.4. The zero-order valence-electron chi connectivity index (χ0n) is 8.83. The summed E-state index contributed by atoms with van der Waals surface area (Å²) in [5.41, 5.74) is 0. The highest BCUT2D eigenvalue weighted by atomic mass is 79.9. The van der Waals surface area contributed by atoms with Crippen molar-refractivity contribution in [3.8, 4) is 0 Å². The van der Waals surface area contributed by atoms with Crippen LogP contribution in [0.15, 0.2) is 33.6 Å². The van der Waals surface area contributed by atoms with Crippen LogP contribution in [0.4, 0.5) is 4.39 Å². The standard InChI is InChI=1S/C11H6BrCl2FN2S/c12-9-10(13)16-8(17-11(9)14)5-18-7-3-1-6(15)2-4-7/h1-4H,5H2. The molecule has 0 atom stereocenters. The molecule has 1 heterocycles. The maximum atomic E-state index is 12.7. The van der Waals surface area contributed by atoms with Crippen LogP contribution in [0.3, 0.4) is 0 Å². The van der Waals surface area contributed by atoms with E-state index in [1.54, 1.807) is 12.1 Å². The lowest BCUT2D eigenvalue weighted by molar-refractivity contribution is 0.626. The van der Waals surface area contributed by atoms with Crippen LogP contribution in [0.5, 0.6) is 0 Å². The van der Waals surface area contributed by atoms with Crippen LogP contribution < -0.4 is 0 Å². The smallest absolute Gasteiger partial charge is 0.148 e. The van der Waals surface area contributed by atoms with Crippen LogP contribution in [0, 0.1) is 5.82 Å². The normalized spacial score (nSPS) is 10.7. The molecular weight excluding hydrogens is 362 g/mol. The molecule has 2 rings (SSSR count). The fourth-order valence-electron chi connectivity index (χ4n) is 1.18. The topological polar surface area (TPSA) is 25.8 Å². The van der Waals surface area contributed by atoms with E-state index in [1.807, 2.05) is 0 Å². The van der Waals surface area contributed by atoms with Gasteiger partial charge in [0.05, 0.1) is 10.2 Å². The summed E-state index contributed by atoms with van der Waals surface area (Å²) in [6.07, 6.45) is 0. The molecular formula is C11H6BrCl2FN2S. The molecule has 0 aliphatic rings. The molecule has 0 amide bonds. The van der Waals surface area contributed by atoms with Crippen LogP contribution in [-0.2, 0) is 5.75 Å². The minimum absolute atomic E-state index is 0.259. The van der Waals surface area contributed by atoms with E-state index in [-0.39, 0.29) is 16.1 Å². The molecule has 0 saturated heterocycles. The molecule has 7 heteroatoms. The van der Waals surface area contributed by atoms with Gasteiger partial charge in [0.1, 0.15) is 21.9 Å². The molecule has 2 nitrogen and oxygen atoms in total. The van der Waals surface area contributed by atoms with E-state index in [4.69, 9.17) is 23.2 Å². The second kappa shape index (κ2) is 6.19. The molecule has 0 unspecified atom stereocenters. The molecule has 1 aromatic heterocycles. The van der Waals surface area contributed by atoms with Crippen molar-refractivity contribution < 1.29 is 4.39 Å². The molecule has 18 heavy (non-hydrogen) atoms. The van der Waals surface area contributed by atoms with Gasteiger partial charge < -0.3 is 0 Å². The predicted molar refractivity (Wildman–Crippen MR) is 75.7 cm³/mol. The Morgan fingerprint density at radius 3 is 2.22 bits per heavy atom. The third kappa shape index (κ3) is 3.57. The van der Waals surface area contributed by atoms with Crippen LogP contribution in [0.1, 0.15) is 5.82 Å². The molecule has 0 saturated carbocycles. The number of halogens is 4. The average molecular weight is 368 g/mol. The third-order valence-corrected chi connectivity index (χ3v) is 4.76. The molecule has 0 aliphatic carbocycles. The molecule has 0 bridgehead atoms. The van der Waals surface area contributed by atoms with Gasteiger partial charge in [0.15, 0.2) is 0 Å². The molecule has 0 radical (unpaired) electrons. The molecule has 2 aromatic rings. The number of hydrogen-bond donors (Lipinski definition) is 0. The van der Waals surface area contributed by atoms with Gasteiger partial charge in [-0.15, -0.1) is 11.8 Å². The summed E-state index contributed by atoms with van der Waals surface area (Å²) in [4.78, 5) is 9.11. The largest absolute Gasteiger partial charge is 0.219 e. The fourth-order valence-corrected chi connectivity index (χ4v) is 2.53. The highest BCUT2D eigenvalue weighted by Crippen LogP contribution is 2.29. The van der Waals surface area contributed by atoms with E-state index < -0.39 is 0 Å². The van der Waals surface area contributed by atoms with Gasteiger partial charge in [-0.25, -0.2) is 14.4 Å². The first kappa shape index (κ1) is 14.1. The quantitative estimate of drug-likeness (QED) is 0.565. The molecule has 0 N–H and O–H groups in total. The number of rotatable bonds is 3. The zero-order chi connectivity index (χ0) is 13.1. The summed E-state index contributed by atoms with van der Waals surface area (Å²) in [6, 6.07) is 6.21. The Morgan fingerprint density at radius 1 is 1.11 bits per heavy atom. The van der Waals surface area contributed by atoms with Gasteiger partial charge in [-0.2, -0.15) is 0 Å². The van der Waals surface area contributed by atoms with Crippen molar-refractivity contribution in [3.63, 3.8) is 0 Å². The summed E-state index contributed by atoms with van der Waals surface area (Å²) in [6.45, 7) is 0. The van der Waals surface area contributed by atoms with Gasteiger partial charge in [-0.3, -0.25) is 0 Å². The number of thioether (sulfide) groups is 1. The Hall–Kier alpha value is -0.360. The first-order valence-electron chi connectivity index (χ1n) is 4.82. The Morgan fingerprint density at radius 2 is 1.67 bits per heavy atom. The van der Waals surface area contributed by atoms with E-state index in [1.165, 1.54) is 23.9 Å².